The molecular formula is C24H22ClN5O. The third-order valence-corrected chi connectivity index (χ3v) is 5.84. The fraction of sp³-hybridized carbons (Fsp3) is 0.167. The maximum absolute atomic E-state index is 6.47. The third-order valence-electron chi connectivity index (χ3n) is 5.50. The first-order valence-electron chi connectivity index (χ1n) is 10.2. The predicted molar refractivity (Wildman–Crippen MR) is 122 cm³/mol. The second-order valence-corrected chi connectivity index (χ2v) is 7.96. The molecule has 0 aliphatic carbocycles. The largest absolute Gasteiger partial charge is 0.489 e. The Balaban J connectivity index is 1.39. The molecule has 4 aromatic rings. The smallest absolute Gasteiger partial charge is 0.241 e. The van der Waals surface area contributed by atoms with Gasteiger partial charge in [0.25, 0.3) is 0 Å². The van der Waals surface area contributed by atoms with E-state index in [1.54, 1.807) is 0 Å². The van der Waals surface area contributed by atoms with E-state index in [0.717, 1.165) is 33.9 Å². The molecule has 0 spiro atoms. The van der Waals surface area contributed by atoms with E-state index in [4.69, 9.17) is 22.1 Å². The van der Waals surface area contributed by atoms with Crippen LogP contribution in [0.25, 0.3) is 0 Å². The van der Waals surface area contributed by atoms with E-state index < -0.39 is 0 Å². The minimum atomic E-state index is -0.0227. The van der Waals surface area contributed by atoms with Crippen LogP contribution in [0.3, 0.4) is 0 Å². The third kappa shape index (κ3) is 4.07. The van der Waals surface area contributed by atoms with E-state index in [0.29, 0.717) is 12.6 Å². The summed E-state index contributed by atoms with van der Waals surface area (Å²) in [7, 11) is 0. The van der Waals surface area contributed by atoms with E-state index in [1.807, 2.05) is 59.3 Å². The zero-order valence-electron chi connectivity index (χ0n) is 16.8. The number of nitrogens with zero attached hydrogens (tertiary/aromatic N) is 3. The van der Waals surface area contributed by atoms with E-state index in [9.17, 15) is 0 Å². The van der Waals surface area contributed by atoms with Gasteiger partial charge < -0.3 is 15.8 Å². The molecule has 2 atom stereocenters. The van der Waals surface area contributed by atoms with Gasteiger partial charge in [-0.05, 0) is 41.3 Å². The number of hydrogen-bond acceptors (Lipinski definition) is 5. The first kappa shape index (κ1) is 19.5. The summed E-state index contributed by atoms with van der Waals surface area (Å²) in [5.74, 6) is 1.71. The Kier molecular flexibility index (Phi) is 5.22. The highest BCUT2D eigenvalue weighted by Gasteiger charge is 2.31. The highest BCUT2D eigenvalue weighted by Crippen LogP contribution is 2.40. The van der Waals surface area contributed by atoms with Gasteiger partial charge in [-0.3, -0.25) is 0 Å². The van der Waals surface area contributed by atoms with Gasteiger partial charge in [-0.2, -0.15) is 4.98 Å². The molecule has 0 saturated carbocycles. The van der Waals surface area contributed by atoms with Gasteiger partial charge in [-0.25, -0.2) is 4.68 Å². The molecule has 0 fully saturated rings. The molecular weight excluding hydrogens is 410 g/mol. The molecule has 0 unspecified atom stereocenters. The molecule has 1 aliphatic heterocycles. The van der Waals surface area contributed by atoms with Crippen molar-refractivity contribution in [1.29, 1.82) is 0 Å². The number of fused-ring (bicyclic) bond motifs is 1. The lowest BCUT2D eigenvalue weighted by molar-refractivity contribution is 0.306. The number of rotatable bonds is 5. The van der Waals surface area contributed by atoms with Crippen LogP contribution in [0.2, 0.25) is 5.02 Å². The molecule has 0 radical (unpaired) electrons. The van der Waals surface area contributed by atoms with Gasteiger partial charge in [0.1, 0.15) is 12.4 Å². The average molecular weight is 432 g/mol. The molecule has 6 nitrogen and oxygen atoms in total. The Morgan fingerprint density at radius 1 is 1.00 bits per heavy atom. The highest BCUT2D eigenvalue weighted by atomic mass is 35.5. The first-order valence-corrected chi connectivity index (χ1v) is 10.5. The number of hydrogen-bond donors (Lipinski definition) is 2. The van der Waals surface area contributed by atoms with Crippen LogP contribution in [-0.4, -0.2) is 14.8 Å². The summed E-state index contributed by atoms with van der Waals surface area (Å²) < 4.78 is 7.78. The summed E-state index contributed by atoms with van der Waals surface area (Å²) in [4.78, 5) is 4.36. The van der Waals surface area contributed by atoms with Crippen molar-refractivity contribution in [3.8, 4) is 5.75 Å². The zero-order chi connectivity index (χ0) is 21.2. The van der Waals surface area contributed by atoms with Crippen LogP contribution in [-0.2, 0) is 6.61 Å². The van der Waals surface area contributed by atoms with Crippen LogP contribution >= 0.6 is 11.6 Å². The van der Waals surface area contributed by atoms with Gasteiger partial charge in [-0.1, -0.05) is 72.3 Å². The molecule has 1 aromatic heterocycles. The van der Waals surface area contributed by atoms with Crippen LogP contribution < -0.4 is 15.8 Å². The molecule has 0 saturated heterocycles. The second kappa shape index (κ2) is 8.32. The summed E-state index contributed by atoms with van der Waals surface area (Å²) in [5, 5.41) is 8.57. The topological polar surface area (TPSA) is 78.0 Å². The summed E-state index contributed by atoms with van der Waals surface area (Å²) in [6.45, 7) is 0.534. The molecule has 5 rings (SSSR count). The monoisotopic (exact) mass is 431 g/mol. The maximum Gasteiger partial charge on any atom is 0.241 e. The highest BCUT2D eigenvalue weighted by molar-refractivity contribution is 6.31. The van der Waals surface area contributed by atoms with E-state index in [-0.39, 0.29) is 18.0 Å². The molecule has 0 bridgehead atoms. The Morgan fingerprint density at radius 2 is 1.74 bits per heavy atom. The maximum atomic E-state index is 6.47. The summed E-state index contributed by atoms with van der Waals surface area (Å²) in [5.41, 5.74) is 9.18. The van der Waals surface area contributed by atoms with Crippen molar-refractivity contribution in [1.82, 2.24) is 14.8 Å². The minimum Gasteiger partial charge on any atom is -0.489 e. The Labute approximate surface area is 185 Å². The number of aromatic nitrogens is 3. The van der Waals surface area contributed by atoms with Gasteiger partial charge in [0.05, 0.1) is 12.1 Å². The molecule has 156 valence electrons. The average Bonchev–Trinajstić information content (AvgIpc) is 3.18. The number of ether oxygens (including phenoxy) is 1. The van der Waals surface area contributed by atoms with Crippen LogP contribution in [0.1, 0.15) is 35.2 Å². The molecule has 31 heavy (non-hydrogen) atoms. The molecule has 0 amide bonds. The number of nitrogens with one attached hydrogen (secondary N) is 1. The quantitative estimate of drug-likeness (QED) is 0.452. The number of nitrogen functional groups attached to an aromatic ring is 1. The summed E-state index contributed by atoms with van der Waals surface area (Å²) in [6.07, 6.45) is 0.768. The Morgan fingerprint density at radius 3 is 2.52 bits per heavy atom. The number of nitrogens with two attached hydrogens (primary N) is 1. The predicted octanol–water partition coefficient (Wildman–Crippen LogP) is 5.24. The standard InChI is InChI=1S/C24H22ClN5O/c25-20-9-5-4-8-19(20)21-14-22(30-24(27-21)28-23(26)29-30)17-10-12-18(13-11-17)31-15-16-6-2-1-3-7-16/h1-13,21-22H,14-15H2,(H3,26,27,28,29)/t21-,22-/m0/s1. The van der Waals surface area contributed by atoms with Crippen molar-refractivity contribution in [2.45, 2.75) is 25.1 Å². The fourth-order valence-corrected chi connectivity index (χ4v) is 4.23. The van der Waals surface area contributed by atoms with E-state index in [2.05, 4.69) is 39.7 Å². The number of halogens is 1. The lowest BCUT2D eigenvalue weighted by Crippen LogP contribution is -2.28. The lowest BCUT2D eigenvalue weighted by Gasteiger charge is -2.32. The van der Waals surface area contributed by atoms with Crippen LogP contribution in [0.5, 0.6) is 5.75 Å². The van der Waals surface area contributed by atoms with Gasteiger partial charge in [0.2, 0.25) is 11.9 Å². The van der Waals surface area contributed by atoms with Gasteiger partial charge >= 0.3 is 0 Å². The van der Waals surface area contributed by atoms with E-state index in [1.165, 1.54) is 0 Å². The SMILES string of the molecule is Nc1nc2n(n1)[C@H](c1ccc(OCc3ccccc3)cc1)C[C@@H](c1ccccc1Cl)N2. The first-order chi connectivity index (χ1) is 15.2. The normalized spacial score (nSPS) is 17.6. The van der Waals surface area contributed by atoms with Crippen molar-refractivity contribution >= 4 is 23.5 Å². The minimum absolute atomic E-state index is 0.00353. The van der Waals surface area contributed by atoms with Crippen molar-refractivity contribution in [3.05, 3.63) is 101 Å². The number of benzene rings is 3. The Bertz CT molecular complexity index is 1180. The van der Waals surface area contributed by atoms with Crippen molar-refractivity contribution in [3.63, 3.8) is 0 Å². The number of anilines is 2. The van der Waals surface area contributed by atoms with Gasteiger partial charge in [0, 0.05) is 5.02 Å². The fourth-order valence-electron chi connectivity index (χ4n) is 3.96. The molecule has 3 aromatic carbocycles. The molecule has 3 N–H and O–H groups in total. The van der Waals surface area contributed by atoms with Crippen molar-refractivity contribution in [2.24, 2.45) is 0 Å². The summed E-state index contributed by atoms with van der Waals surface area (Å²) >= 11 is 6.47. The summed E-state index contributed by atoms with van der Waals surface area (Å²) in [6, 6.07) is 26.1. The van der Waals surface area contributed by atoms with E-state index >= 15 is 0 Å². The van der Waals surface area contributed by atoms with Crippen molar-refractivity contribution < 1.29 is 4.74 Å². The molecule has 1 aliphatic rings. The zero-order valence-corrected chi connectivity index (χ0v) is 17.5. The Hall–Kier alpha value is -3.51. The van der Waals surface area contributed by atoms with Crippen LogP contribution in [0, 0.1) is 0 Å². The van der Waals surface area contributed by atoms with Gasteiger partial charge in [0.15, 0.2) is 0 Å². The molecule has 2 heterocycles. The molecule has 7 heteroatoms. The lowest BCUT2D eigenvalue weighted by atomic mass is 9.93. The van der Waals surface area contributed by atoms with Crippen LogP contribution in [0.15, 0.2) is 78.9 Å². The van der Waals surface area contributed by atoms with Gasteiger partial charge in [-0.15, -0.1) is 5.10 Å². The second-order valence-electron chi connectivity index (χ2n) is 7.55. The van der Waals surface area contributed by atoms with Crippen molar-refractivity contribution in [2.75, 3.05) is 11.1 Å². The van der Waals surface area contributed by atoms with Crippen LogP contribution in [0.4, 0.5) is 11.9 Å².